The van der Waals surface area contributed by atoms with Crippen LogP contribution in [0.2, 0.25) is 0 Å². The molecule has 2 atom stereocenters. The summed E-state index contributed by atoms with van der Waals surface area (Å²) in [5.74, 6) is 0.458. The molecule has 2 aromatic heterocycles. The fourth-order valence-corrected chi connectivity index (χ4v) is 3.63. The first kappa shape index (κ1) is 16.7. The number of rotatable bonds is 6. The van der Waals surface area contributed by atoms with Crippen LogP contribution in [0.15, 0.2) is 17.3 Å². The summed E-state index contributed by atoms with van der Waals surface area (Å²) >= 11 is 0. The first-order chi connectivity index (χ1) is 11.6. The molecule has 130 valence electrons. The van der Waals surface area contributed by atoms with Crippen molar-refractivity contribution in [2.45, 2.75) is 58.0 Å². The van der Waals surface area contributed by atoms with Crippen molar-refractivity contribution < 1.29 is 4.79 Å². The van der Waals surface area contributed by atoms with E-state index in [1.807, 2.05) is 0 Å². The molecule has 1 aliphatic carbocycles. The molecule has 1 aliphatic rings. The van der Waals surface area contributed by atoms with Gasteiger partial charge in [-0.25, -0.2) is 4.98 Å². The maximum atomic E-state index is 12.4. The predicted octanol–water partition coefficient (Wildman–Crippen LogP) is 1.61. The average Bonchev–Trinajstić information content (AvgIpc) is 3.15. The van der Waals surface area contributed by atoms with E-state index in [1.54, 1.807) is 11.7 Å². The molecular weight excluding hydrogens is 306 g/mol. The Labute approximate surface area is 141 Å². The number of unbranched alkanes of at least 4 members (excludes halogenated alkanes) is 1. The smallest absolute Gasteiger partial charge is 0.264 e. The molecule has 2 aromatic rings. The van der Waals surface area contributed by atoms with Crippen LogP contribution in [0.3, 0.4) is 0 Å². The van der Waals surface area contributed by atoms with Gasteiger partial charge in [-0.05, 0) is 25.2 Å². The lowest BCUT2D eigenvalue weighted by atomic mass is 9.97. The quantitative estimate of drug-likeness (QED) is 0.872. The van der Waals surface area contributed by atoms with Crippen LogP contribution < -0.4 is 10.9 Å². The number of nitrogens with one attached hydrogen (secondary N) is 1. The van der Waals surface area contributed by atoms with Crippen LogP contribution in [0, 0.1) is 5.92 Å². The normalized spacial score (nSPS) is 20.6. The molecule has 1 fully saturated rings. The van der Waals surface area contributed by atoms with Gasteiger partial charge in [0.2, 0.25) is 5.91 Å². The topological polar surface area (TPSA) is 81.8 Å². The number of aromatic nitrogens is 4. The second-order valence-corrected chi connectivity index (χ2v) is 6.69. The van der Waals surface area contributed by atoms with Crippen molar-refractivity contribution in [1.29, 1.82) is 0 Å². The van der Waals surface area contributed by atoms with Crippen molar-refractivity contribution in [2.75, 3.05) is 0 Å². The largest absolute Gasteiger partial charge is 0.352 e. The van der Waals surface area contributed by atoms with Crippen LogP contribution in [0.5, 0.6) is 0 Å². The predicted molar refractivity (Wildman–Crippen MR) is 91.6 cm³/mol. The third-order valence-electron chi connectivity index (χ3n) is 4.97. The third kappa shape index (κ3) is 3.34. The minimum Gasteiger partial charge on any atom is -0.352 e. The zero-order valence-corrected chi connectivity index (χ0v) is 14.4. The minimum absolute atomic E-state index is 0.00760. The Morgan fingerprint density at radius 2 is 2.25 bits per heavy atom. The van der Waals surface area contributed by atoms with Gasteiger partial charge in [-0.15, -0.1) is 0 Å². The second-order valence-electron chi connectivity index (χ2n) is 6.69. The average molecular weight is 331 g/mol. The molecule has 0 spiro atoms. The molecule has 1 N–H and O–H groups in total. The van der Waals surface area contributed by atoms with Gasteiger partial charge in [-0.1, -0.05) is 26.2 Å². The number of fused-ring (bicyclic) bond motifs is 1. The molecule has 1 saturated carbocycles. The molecule has 7 nitrogen and oxygen atoms in total. The van der Waals surface area contributed by atoms with Gasteiger partial charge in [0.15, 0.2) is 5.65 Å². The highest BCUT2D eigenvalue weighted by atomic mass is 16.2. The zero-order chi connectivity index (χ0) is 17.1. The van der Waals surface area contributed by atoms with E-state index >= 15 is 0 Å². The van der Waals surface area contributed by atoms with E-state index in [-0.39, 0.29) is 24.1 Å². The molecule has 2 heterocycles. The van der Waals surface area contributed by atoms with Crippen LogP contribution in [0.25, 0.3) is 11.0 Å². The molecule has 0 aliphatic heterocycles. The van der Waals surface area contributed by atoms with Crippen LogP contribution in [-0.2, 0) is 18.4 Å². The molecule has 0 saturated heterocycles. The Bertz CT molecular complexity index is 779. The highest BCUT2D eigenvalue weighted by molar-refractivity contribution is 5.77. The van der Waals surface area contributed by atoms with Gasteiger partial charge in [-0.2, -0.15) is 5.10 Å². The van der Waals surface area contributed by atoms with Gasteiger partial charge >= 0.3 is 0 Å². The molecule has 7 heteroatoms. The lowest BCUT2D eigenvalue weighted by molar-refractivity contribution is -0.122. The van der Waals surface area contributed by atoms with Gasteiger partial charge in [-0.3, -0.25) is 18.8 Å². The van der Waals surface area contributed by atoms with E-state index in [4.69, 9.17) is 0 Å². The summed E-state index contributed by atoms with van der Waals surface area (Å²) in [7, 11) is 1.74. The van der Waals surface area contributed by atoms with E-state index in [2.05, 4.69) is 22.3 Å². The van der Waals surface area contributed by atoms with Gasteiger partial charge in [0.1, 0.15) is 18.3 Å². The first-order valence-corrected chi connectivity index (χ1v) is 8.76. The van der Waals surface area contributed by atoms with Crippen LogP contribution >= 0.6 is 0 Å². The van der Waals surface area contributed by atoms with Crippen molar-refractivity contribution in [3.05, 3.63) is 22.9 Å². The fourth-order valence-electron chi connectivity index (χ4n) is 3.63. The van der Waals surface area contributed by atoms with Gasteiger partial charge in [0.05, 0.1) is 6.20 Å². The van der Waals surface area contributed by atoms with E-state index in [1.165, 1.54) is 49.2 Å². The summed E-state index contributed by atoms with van der Waals surface area (Å²) in [5, 5.41) is 7.60. The highest BCUT2D eigenvalue weighted by Gasteiger charge is 2.28. The van der Waals surface area contributed by atoms with Gasteiger partial charge < -0.3 is 5.32 Å². The molecular formula is C17H25N5O2. The maximum absolute atomic E-state index is 12.4. The Kier molecular flexibility index (Phi) is 4.97. The summed E-state index contributed by atoms with van der Waals surface area (Å²) in [6.07, 6.45) is 9.88. The Hall–Kier alpha value is -2.18. The van der Waals surface area contributed by atoms with E-state index in [0.717, 1.165) is 6.42 Å². The van der Waals surface area contributed by atoms with Crippen molar-refractivity contribution in [3.8, 4) is 0 Å². The molecule has 3 rings (SSSR count). The molecule has 0 unspecified atom stereocenters. The van der Waals surface area contributed by atoms with Gasteiger partial charge in [0.25, 0.3) is 5.56 Å². The Morgan fingerprint density at radius 1 is 1.42 bits per heavy atom. The SMILES string of the molecule is CCCC[C@H]1CCC[C@H]1NC(=O)Cn1cnc2c(cnn2C)c1=O. The molecule has 0 radical (unpaired) electrons. The summed E-state index contributed by atoms with van der Waals surface area (Å²) in [5.41, 5.74) is 0.310. The minimum atomic E-state index is -0.225. The van der Waals surface area contributed by atoms with Crippen LogP contribution in [0.1, 0.15) is 45.4 Å². The lowest BCUT2D eigenvalue weighted by Crippen LogP contribution is -2.40. The van der Waals surface area contributed by atoms with Crippen molar-refractivity contribution >= 4 is 16.9 Å². The van der Waals surface area contributed by atoms with Gasteiger partial charge in [0, 0.05) is 13.1 Å². The maximum Gasteiger partial charge on any atom is 0.264 e. The number of nitrogens with zero attached hydrogens (tertiary/aromatic N) is 4. The Morgan fingerprint density at radius 3 is 3.04 bits per heavy atom. The fraction of sp³-hybridized carbons (Fsp3) is 0.647. The molecule has 1 amide bonds. The number of hydrogen-bond donors (Lipinski definition) is 1. The second kappa shape index (κ2) is 7.15. The molecule has 0 aromatic carbocycles. The summed E-state index contributed by atoms with van der Waals surface area (Å²) < 4.78 is 2.91. The summed E-state index contributed by atoms with van der Waals surface area (Å²) in [4.78, 5) is 29.0. The number of aryl methyl sites for hydroxylation is 1. The number of hydrogen-bond acceptors (Lipinski definition) is 4. The zero-order valence-electron chi connectivity index (χ0n) is 14.4. The number of amides is 1. The van der Waals surface area contributed by atoms with Crippen molar-refractivity contribution in [3.63, 3.8) is 0 Å². The third-order valence-corrected chi connectivity index (χ3v) is 4.97. The van der Waals surface area contributed by atoms with Crippen LogP contribution in [0.4, 0.5) is 0 Å². The Balaban J connectivity index is 1.67. The molecule has 0 bridgehead atoms. The van der Waals surface area contributed by atoms with E-state index in [0.29, 0.717) is 17.0 Å². The van der Waals surface area contributed by atoms with Crippen molar-refractivity contribution in [1.82, 2.24) is 24.6 Å². The highest BCUT2D eigenvalue weighted by Crippen LogP contribution is 2.29. The first-order valence-electron chi connectivity index (χ1n) is 8.76. The van der Waals surface area contributed by atoms with Crippen LogP contribution in [-0.4, -0.2) is 31.3 Å². The number of carbonyl (C=O) groups excluding carboxylic acids is 1. The lowest BCUT2D eigenvalue weighted by Gasteiger charge is -2.21. The summed E-state index contributed by atoms with van der Waals surface area (Å²) in [6, 6.07) is 0.245. The van der Waals surface area contributed by atoms with Crippen molar-refractivity contribution in [2.24, 2.45) is 13.0 Å². The molecule has 24 heavy (non-hydrogen) atoms. The monoisotopic (exact) mass is 331 g/mol. The summed E-state index contributed by atoms with van der Waals surface area (Å²) in [6.45, 7) is 2.20. The van der Waals surface area contributed by atoms with E-state index in [9.17, 15) is 9.59 Å². The van der Waals surface area contributed by atoms with E-state index < -0.39 is 0 Å². The number of carbonyl (C=O) groups is 1. The standard InChI is InChI=1S/C17H25N5O2/c1-3-4-6-12-7-5-8-14(12)20-15(23)10-22-11-18-16-13(17(22)24)9-19-21(16)2/h9,11-12,14H,3-8,10H2,1-2H3,(H,20,23)/t12-,14+/m0/s1.